The molecule has 0 aliphatic heterocycles. The molecule has 1 heterocycles. The Hall–Kier alpha value is -2.70. The smallest absolute Gasteiger partial charge is 0.353 e. The topological polar surface area (TPSA) is 82.5 Å². The molecule has 0 aliphatic rings. The highest BCUT2D eigenvalue weighted by Gasteiger charge is 2.15. The summed E-state index contributed by atoms with van der Waals surface area (Å²) < 4.78 is 0. The second-order valence-electron chi connectivity index (χ2n) is 5.51. The van der Waals surface area contributed by atoms with Gasteiger partial charge in [0, 0.05) is 22.2 Å². The summed E-state index contributed by atoms with van der Waals surface area (Å²) in [5.74, 6) is -1.31. The highest BCUT2D eigenvalue weighted by Crippen LogP contribution is 2.31. The minimum atomic E-state index is -1.62. The van der Waals surface area contributed by atoms with E-state index in [1.54, 1.807) is 17.4 Å². The molecule has 3 rings (SSSR count). The monoisotopic (exact) mass is 354 g/mol. The van der Waals surface area contributed by atoms with Gasteiger partial charge in [0.05, 0.1) is 5.69 Å². The van der Waals surface area contributed by atoms with Crippen molar-refractivity contribution in [2.75, 3.05) is 5.32 Å². The maximum absolute atomic E-state index is 10.8. The standard InChI is InChI=1S/C19H18N2O3S/c1-2-12-10-14(8-9-15(12)20-17(22)19(23)24)16-11-25-18(21-16)13-6-4-3-5-7-13/h3-11,17,20,22H,2H2,1H3,(H,23,24). The minimum Gasteiger partial charge on any atom is -0.478 e. The summed E-state index contributed by atoms with van der Waals surface area (Å²) >= 11 is 1.59. The van der Waals surface area contributed by atoms with Crippen LogP contribution >= 0.6 is 11.3 Å². The Kier molecular flexibility index (Phi) is 5.11. The average Bonchev–Trinajstić information content (AvgIpc) is 3.12. The van der Waals surface area contributed by atoms with E-state index in [1.165, 1.54) is 0 Å². The van der Waals surface area contributed by atoms with E-state index >= 15 is 0 Å². The van der Waals surface area contributed by atoms with Crippen molar-refractivity contribution < 1.29 is 15.0 Å². The maximum atomic E-state index is 10.8. The number of aryl methyl sites for hydroxylation is 1. The molecule has 3 aromatic rings. The fourth-order valence-corrected chi connectivity index (χ4v) is 3.35. The van der Waals surface area contributed by atoms with Crippen molar-refractivity contribution >= 4 is 23.0 Å². The second kappa shape index (κ2) is 7.46. The van der Waals surface area contributed by atoms with Crippen LogP contribution in [0.15, 0.2) is 53.9 Å². The Bertz CT molecular complexity index is 877. The Morgan fingerprint density at radius 1 is 1.20 bits per heavy atom. The summed E-state index contributed by atoms with van der Waals surface area (Å²) in [6.45, 7) is 1.98. The van der Waals surface area contributed by atoms with Crippen molar-refractivity contribution in [1.82, 2.24) is 4.98 Å². The lowest BCUT2D eigenvalue weighted by Crippen LogP contribution is -2.28. The molecule has 0 spiro atoms. The summed E-state index contributed by atoms with van der Waals surface area (Å²) in [6, 6.07) is 15.6. The van der Waals surface area contributed by atoms with Gasteiger partial charge in [-0.3, -0.25) is 0 Å². The van der Waals surface area contributed by atoms with Crippen LogP contribution in [0.3, 0.4) is 0 Å². The molecule has 3 N–H and O–H groups in total. The van der Waals surface area contributed by atoms with Crippen LogP contribution in [0.4, 0.5) is 5.69 Å². The minimum absolute atomic E-state index is 0.611. The van der Waals surface area contributed by atoms with E-state index in [0.29, 0.717) is 12.1 Å². The molecule has 1 unspecified atom stereocenters. The first-order valence-corrected chi connectivity index (χ1v) is 8.78. The van der Waals surface area contributed by atoms with Crippen molar-refractivity contribution in [3.05, 3.63) is 59.5 Å². The molecule has 1 aromatic heterocycles. The van der Waals surface area contributed by atoms with Gasteiger partial charge in [-0.1, -0.05) is 43.3 Å². The third-order valence-electron chi connectivity index (χ3n) is 3.83. The zero-order chi connectivity index (χ0) is 17.8. The summed E-state index contributed by atoms with van der Waals surface area (Å²) in [7, 11) is 0. The lowest BCUT2D eigenvalue weighted by Gasteiger charge is -2.14. The molecule has 0 aliphatic carbocycles. The summed E-state index contributed by atoms with van der Waals surface area (Å²) in [5, 5.41) is 23.9. The van der Waals surface area contributed by atoms with E-state index in [1.807, 2.05) is 54.8 Å². The molecular formula is C19H18N2O3S. The van der Waals surface area contributed by atoms with Crippen LogP contribution in [0.1, 0.15) is 12.5 Å². The van der Waals surface area contributed by atoms with Gasteiger partial charge in [0.25, 0.3) is 0 Å². The predicted octanol–water partition coefficient (Wildman–Crippen LogP) is 3.85. The fourth-order valence-electron chi connectivity index (χ4n) is 2.52. The summed E-state index contributed by atoms with van der Waals surface area (Å²) in [6.07, 6.45) is -0.918. The molecule has 5 nitrogen and oxygen atoms in total. The van der Waals surface area contributed by atoms with Gasteiger partial charge in [0.15, 0.2) is 0 Å². The van der Waals surface area contributed by atoms with Gasteiger partial charge in [-0.25, -0.2) is 9.78 Å². The Morgan fingerprint density at radius 3 is 2.64 bits per heavy atom. The van der Waals surface area contributed by atoms with Crippen molar-refractivity contribution in [3.63, 3.8) is 0 Å². The molecule has 0 fully saturated rings. The van der Waals surface area contributed by atoms with Crippen LogP contribution < -0.4 is 5.32 Å². The number of rotatable bonds is 6. The third kappa shape index (κ3) is 3.87. The van der Waals surface area contributed by atoms with Gasteiger partial charge in [-0.05, 0) is 24.1 Å². The molecule has 0 radical (unpaired) electrons. The highest BCUT2D eigenvalue weighted by atomic mass is 32.1. The second-order valence-corrected chi connectivity index (χ2v) is 6.37. The number of carboxylic acids is 1. The number of benzene rings is 2. The van der Waals surface area contributed by atoms with Gasteiger partial charge >= 0.3 is 5.97 Å². The Morgan fingerprint density at radius 2 is 1.96 bits per heavy atom. The number of hydrogen-bond donors (Lipinski definition) is 3. The quantitative estimate of drug-likeness (QED) is 0.586. The van der Waals surface area contributed by atoms with E-state index in [9.17, 15) is 9.90 Å². The molecule has 0 amide bonds. The molecule has 0 saturated heterocycles. The van der Waals surface area contributed by atoms with Gasteiger partial charge in [0.1, 0.15) is 5.01 Å². The van der Waals surface area contributed by atoms with Crippen LogP contribution in [-0.2, 0) is 11.2 Å². The number of thiazole rings is 1. The number of hydrogen-bond acceptors (Lipinski definition) is 5. The predicted molar refractivity (Wildman–Crippen MR) is 99.6 cm³/mol. The summed E-state index contributed by atoms with van der Waals surface area (Å²) in [4.78, 5) is 15.5. The van der Waals surface area contributed by atoms with Gasteiger partial charge < -0.3 is 15.5 Å². The van der Waals surface area contributed by atoms with Crippen molar-refractivity contribution in [2.24, 2.45) is 0 Å². The van der Waals surface area contributed by atoms with E-state index in [-0.39, 0.29) is 0 Å². The zero-order valence-electron chi connectivity index (χ0n) is 13.6. The van der Waals surface area contributed by atoms with Crippen LogP contribution in [0.2, 0.25) is 0 Å². The molecule has 25 heavy (non-hydrogen) atoms. The average molecular weight is 354 g/mol. The largest absolute Gasteiger partial charge is 0.478 e. The molecular weight excluding hydrogens is 336 g/mol. The number of anilines is 1. The third-order valence-corrected chi connectivity index (χ3v) is 4.72. The molecule has 0 saturated carbocycles. The van der Waals surface area contributed by atoms with E-state index in [4.69, 9.17) is 10.1 Å². The Balaban J connectivity index is 1.88. The van der Waals surface area contributed by atoms with Gasteiger partial charge in [0.2, 0.25) is 6.23 Å². The number of nitrogens with zero attached hydrogens (tertiary/aromatic N) is 1. The number of aromatic nitrogens is 1. The van der Waals surface area contributed by atoms with Crippen LogP contribution in [-0.4, -0.2) is 27.4 Å². The number of aliphatic hydroxyl groups excluding tert-OH is 1. The van der Waals surface area contributed by atoms with E-state index < -0.39 is 12.2 Å². The lowest BCUT2D eigenvalue weighted by atomic mass is 10.0. The molecule has 2 aromatic carbocycles. The zero-order valence-corrected chi connectivity index (χ0v) is 14.5. The van der Waals surface area contributed by atoms with Gasteiger partial charge in [-0.2, -0.15) is 0 Å². The number of nitrogens with one attached hydrogen (secondary N) is 1. The molecule has 6 heteroatoms. The summed E-state index contributed by atoms with van der Waals surface area (Å²) in [5.41, 5.74) is 4.46. The first kappa shape index (κ1) is 17.1. The van der Waals surface area contributed by atoms with Crippen LogP contribution in [0.25, 0.3) is 21.8 Å². The number of aliphatic carboxylic acids is 1. The van der Waals surface area contributed by atoms with E-state index in [0.717, 1.165) is 27.4 Å². The van der Waals surface area contributed by atoms with Crippen molar-refractivity contribution in [1.29, 1.82) is 0 Å². The van der Waals surface area contributed by atoms with Crippen LogP contribution in [0.5, 0.6) is 0 Å². The molecule has 0 bridgehead atoms. The van der Waals surface area contributed by atoms with E-state index in [2.05, 4.69) is 5.32 Å². The highest BCUT2D eigenvalue weighted by molar-refractivity contribution is 7.13. The molecule has 1 atom stereocenters. The Labute approximate surface area is 149 Å². The first-order valence-electron chi connectivity index (χ1n) is 7.90. The van der Waals surface area contributed by atoms with Crippen LogP contribution in [0, 0.1) is 0 Å². The van der Waals surface area contributed by atoms with Crippen molar-refractivity contribution in [3.8, 4) is 21.8 Å². The first-order chi connectivity index (χ1) is 12.1. The fraction of sp³-hybridized carbons (Fsp3) is 0.158. The molecule has 128 valence electrons. The number of carbonyl (C=O) groups is 1. The van der Waals surface area contributed by atoms with Gasteiger partial charge in [-0.15, -0.1) is 11.3 Å². The normalized spacial score (nSPS) is 11.9. The van der Waals surface area contributed by atoms with Crippen molar-refractivity contribution in [2.45, 2.75) is 19.6 Å². The lowest BCUT2D eigenvalue weighted by molar-refractivity contribution is -0.145. The number of aliphatic hydroxyl groups is 1. The maximum Gasteiger partial charge on any atom is 0.353 e. The SMILES string of the molecule is CCc1cc(-c2csc(-c3ccccc3)n2)ccc1NC(O)C(=O)O. The number of carboxylic acid groups (broad SMARTS) is 1.